The lowest BCUT2D eigenvalue weighted by atomic mass is 10.1. The van der Waals surface area contributed by atoms with E-state index in [-0.39, 0.29) is 21.4 Å². The van der Waals surface area contributed by atoms with Crippen molar-refractivity contribution in [3.63, 3.8) is 0 Å². The molecule has 1 atom stereocenters. The Morgan fingerprint density at radius 3 is 2.17 bits per heavy atom. The molecule has 2 rings (SSSR count). The number of nitrogens with one attached hydrogen (secondary N) is 1. The monoisotopic (exact) mass is 352 g/mol. The fourth-order valence-electron chi connectivity index (χ4n) is 2.06. The first-order valence-electron chi connectivity index (χ1n) is 6.62. The highest BCUT2D eigenvalue weighted by atomic mass is 35.5. The van der Waals surface area contributed by atoms with Gasteiger partial charge in [0.05, 0.1) is 17.2 Å². The Labute approximate surface area is 143 Å². The normalized spacial score (nSPS) is 11.6. The van der Waals surface area contributed by atoms with Gasteiger partial charge in [-0.3, -0.25) is 9.59 Å². The molecular weight excluding hydrogens is 339 g/mol. The number of hydrogen-bond acceptors (Lipinski definition) is 3. The van der Waals surface area contributed by atoms with Crippen molar-refractivity contribution in [2.45, 2.75) is 6.04 Å². The Morgan fingerprint density at radius 1 is 1.13 bits per heavy atom. The van der Waals surface area contributed by atoms with Gasteiger partial charge in [-0.05, 0) is 17.7 Å². The van der Waals surface area contributed by atoms with Gasteiger partial charge in [-0.15, -0.1) is 0 Å². The number of rotatable bonds is 5. The van der Waals surface area contributed by atoms with E-state index >= 15 is 0 Å². The third-order valence-corrected chi connectivity index (χ3v) is 3.72. The van der Waals surface area contributed by atoms with Crippen LogP contribution in [0.3, 0.4) is 0 Å². The zero-order valence-electron chi connectivity index (χ0n) is 12.2. The van der Waals surface area contributed by atoms with Crippen LogP contribution in [0.5, 0.6) is 5.75 Å². The number of benzene rings is 2. The molecule has 0 aliphatic carbocycles. The molecule has 0 aliphatic rings. The van der Waals surface area contributed by atoms with Crippen LogP contribution in [0.1, 0.15) is 22.0 Å². The summed E-state index contributed by atoms with van der Waals surface area (Å²) in [5.41, 5.74) is 6.15. The number of primary amides is 1. The predicted molar refractivity (Wildman–Crippen MR) is 88.9 cm³/mol. The first kappa shape index (κ1) is 17.1. The molecule has 3 N–H and O–H groups in total. The summed E-state index contributed by atoms with van der Waals surface area (Å²) in [6, 6.07) is 10.6. The minimum absolute atomic E-state index is 0.195. The Balaban J connectivity index is 2.28. The maximum Gasteiger partial charge on any atom is 0.252 e. The number of halogens is 2. The lowest BCUT2D eigenvalue weighted by molar-refractivity contribution is -0.120. The SMILES string of the molecule is COc1c(Cl)cc(C(=O)NC(C(N)=O)c2ccccc2)cc1Cl. The molecule has 2 aromatic rings. The molecular formula is C16H14Cl2N2O3. The van der Waals surface area contributed by atoms with Gasteiger partial charge in [0.1, 0.15) is 6.04 Å². The molecule has 23 heavy (non-hydrogen) atoms. The van der Waals surface area contributed by atoms with Gasteiger partial charge in [-0.1, -0.05) is 53.5 Å². The summed E-state index contributed by atoms with van der Waals surface area (Å²) < 4.78 is 5.03. The minimum Gasteiger partial charge on any atom is -0.494 e. The summed E-state index contributed by atoms with van der Waals surface area (Å²) in [5, 5.41) is 2.96. The van der Waals surface area contributed by atoms with Crippen LogP contribution in [0.15, 0.2) is 42.5 Å². The van der Waals surface area contributed by atoms with Gasteiger partial charge >= 0.3 is 0 Å². The van der Waals surface area contributed by atoms with Gasteiger partial charge in [-0.25, -0.2) is 0 Å². The summed E-state index contributed by atoms with van der Waals surface area (Å²) in [4.78, 5) is 24.0. The van der Waals surface area contributed by atoms with Gasteiger partial charge in [-0.2, -0.15) is 0 Å². The van der Waals surface area contributed by atoms with Crippen molar-refractivity contribution in [1.29, 1.82) is 0 Å². The average molecular weight is 353 g/mol. The van der Waals surface area contributed by atoms with Crippen LogP contribution in [0, 0.1) is 0 Å². The molecule has 0 radical (unpaired) electrons. The zero-order valence-corrected chi connectivity index (χ0v) is 13.7. The predicted octanol–water partition coefficient (Wildman–Crippen LogP) is 2.96. The first-order chi connectivity index (χ1) is 10.9. The Kier molecular flexibility index (Phi) is 5.47. The number of hydrogen-bond donors (Lipinski definition) is 2. The van der Waals surface area contributed by atoms with Crippen LogP contribution >= 0.6 is 23.2 Å². The van der Waals surface area contributed by atoms with Gasteiger partial charge in [0.25, 0.3) is 5.91 Å². The van der Waals surface area contributed by atoms with Crippen LogP contribution in [-0.2, 0) is 4.79 Å². The third kappa shape index (κ3) is 3.94. The Hall–Kier alpha value is -2.24. The molecule has 1 unspecified atom stereocenters. The molecule has 0 spiro atoms. The smallest absolute Gasteiger partial charge is 0.252 e. The standard InChI is InChI=1S/C16H14Cl2N2O3/c1-23-14-11(17)7-10(8-12(14)18)16(22)20-13(15(19)21)9-5-3-2-4-6-9/h2-8,13H,1H3,(H2,19,21)(H,20,22). The van der Waals surface area contributed by atoms with Crippen LogP contribution < -0.4 is 15.8 Å². The van der Waals surface area contributed by atoms with E-state index in [1.165, 1.54) is 19.2 Å². The lowest BCUT2D eigenvalue weighted by Crippen LogP contribution is -2.37. The number of carbonyl (C=O) groups is 2. The molecule has 0 aliphatic heterocycles. The van der Waals surface area contributed by atoms with Gasteiger partial charge < -0.3 is 15.8 Å². The molecule has 7 heteroatoms. The van der Waals surface area contributed by atoms with E-state index < -0.39 is 17.9 Å². The van der Waals surface area contributed by atoms with Crippen molar-refractivity contribution >= 4 is 35.0 Å². The van der Waals surface area contributed by atoms with E-state index in [1.807, 2.05) is 0 Å². The van der Waals surface area contributed by atoms with Crippen molar-refractivity contribution in [3.8, 4) is 5.75 Å². The van der Waals surface area contributed by atoms with Crippen molar-refractivity contribution in [1.82, 2.24) is 5.32 Å². The summed E-state index contributed by atoms with van der Waals surface area (Å²) in [7, 11) is 1.42. The minimum atomic E-state index is -0.955. The van der Waals surface area contributed by atoms with Crippen molar-refractivity contribution in [2.75, 3.05) is 7.11 Å². The van der Waals surface area contributed by atoms with E-state index in [9.17, 15) is 9.59 Å². The molecule has 0 saturated carbocycles. The molecule has 120 valence electrons. The number of carbonyl (C=O) groups excluding carboxylic acids is 2. The van der Waals surface area contributed by atoms with E-state index in [0.717, 1.165) is 0 Å². The first-order valence-corrected chi connectivity index (χ1v) is 7.37. The lowest BCUT2D eigenvalue weighted by Gasteiger charge is -2.16. The molecule has 0 fully saturated rings. The summed E-state index contributed by atoms with van der Waals surface area (Å²) in [6.07, 6.45) is 0. The second-order valence-electron chi connectivity index (χ2n) is 4.69. The van der Waals surface area contributed by atoms with Crippen molar-refractivity contribution in [3.05, 3.63) is 63.6 Å². The highest BCUT2D eigenvalue weighted by molar-refractivity contribution is 6.37. The molecule has 0 saturated heterocycles. The number of methoxy groups -OCH3 is 1. The average Bonchev–Trinajstić information content (AvgIpc) is 2.52. The Morgan fingerprint density at radius 2 is 1.70 bits per heavy atom. The van der Waals surface area contributed by atoms with Gasteiger partial charge in [0.2, 0.25) is 5.91 Å². The van der Waals surface area contributed by atoms with E-state index in [0.29, 0.717) is 5.56 Å². The maximum atomic E-state index is 12.4. The fourth-order valence-corrected chi connectivity index (χ4v) is 2.71. The summed E-state index contributed by atoms with van der Waals surface area (Å²) in [6.45, 7) is 0. The number of amides is 2. The second-order valence-corrected chi connectivity index (χ2v) is 5.51. The summed E-state index contributed by atoms with van der Waals surface area (Å²) >= 11 is 12.0. The van der Waals surface area contributed by atoms with E-state index in [4.69, 9.17) is 33.7 Å². The molecule has 0 bridgehead atoms. The molecule has 5 nitrogen and oxygen atoms in total. The zero-order chi connectivity index (χ0) is 17.0. The highest BCUT2D eigenvalue weighted by Gasteiger charge is 2.22. The van der Waals surface area contributed by atoms with Gasteiger partial charge in [0.15, 0.2) is 5.75 Å². The summed E-state index contributed by atoms with van der Waals surface area (Å²) in [5.74, 6) is -0.918. The van der Waals surface area contributed by atoms with Crippen molar-refractivity contribution < 1.29 is 14.3 Å². The topological polar surface area (TPSA) is 81.4 Å². The molecule has 2 amide bonds. The molecule has 0 heterocycles. The van der Waals surface area contributed by atoms with Gasteiger partial charge in [0, 0.05) is 5.56 Å². The fraction of sp³-hybridized carbons (Fsp3) is 0.125. The van der Waals surface area contributed by atoms with Crippen LogP contribution in [0.2, 0.25) is 10.0 Å². The molecule has 2 aromatic carbocycles. The second kappa shape index (κ2) is 7.35. The third-order valence-electron chi connectivity index (χ3n) is 3.16. The largest absolute Gasteiger partial charge is 0.494 e. The Bertz CT molecular complexity index is 712. The van der Waals surface area contributed by atoms with Crippen LogP contribution in [-0.4, -0.2) is 18.9 Å². The number of ether oxygens (including phenoxy) is 1. The molecule has 0 aromatic heterocycles. The van der Waals surface area contributed by atoms with E-state index in [1.54, 1.807) is 30.3 Å². The maximum absolute atomic E-state index is 12.4. The number of nitrogens with two attached hydrogens (primary N) is 1. The highest BCUT2D eigenvalue weighted by Crippen LogP contribution is 2.33. The van der Waals surface area contributed by atoms with Crippen LogP contribution in [0.25, 0.3) is 0 Å². The van der Waals surface area contributed by atoms with Crippen molar-refractivity contribution in [2.24, 2.45) is 5.73 Å². The quantitative estimate of drug-likeness (QED) is 0.867. The van der Waals surface area contributed by atoms with Crippen LogP contribution in [0.4, 0.5) is 0 Å². The van der Waals surface area contributed by atoms with E-state index in [2.05, 4.69) is 5.32 Å².